The van der Waals surface area contributed by atoms with Gasteiger partial charge in [0.15, 0.2) is 0 Å². The highest BCUT2D eigenvalue weighted by atomic mass is 79.9. The van der Waals surface area contributed by atoms with Gasteiger partial charge in [-0.2, -0.15) is 0 Å². The Kier molecular flexibility index (Phi) is 4.83. The van der Waals surface area contributed by atoms with Gasteiger partial charge in [-0.05, 0) is 46.6 Å². The number of halogens is 3. The van der Waals surface area contributed by atoms with Gasteiger partial charge in [-0.15, -0.1) is 0 Å². The van der Waals surface area contributed by atoms with E-state index in [2.05, 4.69) is 21.2 Å². The van der Waals surface area contributed by atoms with E-state index in [-0.39, 0.29) is 10.9 Å². The van der Waals surface area contributed by atoms with Crippen molar-refractivity contribution in [3.05, 3.63) is 51.5 Å². The third-order valence-electron chi connectivity index (χ3n) is 2.77. The Morgan fingerprint density at radius 2 is 2.25 bits per heavy atom. The minimum Gasteiger partial charge on any atom is -0.344 e. The summed E-state index contributed by atoms with van der Waals surface area (Å²) in [5.74, 6) is -0.744. The van der Waals surface area contributed by atoms with Crippen LogP contribution in [0.25, 0.3) is 0 Å². The molecular weight excluding hydrogens is 347 g/mol. The summed E-state index contributed by atoms with van der Waals surface area (Å²) < 4.78 is 15.4. The lowest BCUT2D eigenvalue weighted by molar-refractivity contribution is 0.101. The molecule has 0 aliphatic rings. The topological polar surface area (TPSA) is 34.0 Å². The Labute approximate surface area is 129 Å². The summed E-state index contributed by atoms with van der Waals surface area (Å²) in [5.41, 5.74) is 0.904. The average molecular weight is 360 g/mol. The number of nitrogens with zero attached hydrogens (tertiary/aromatic N) is 1. The van der Waals surface area contributed by atoms with E-state index in [1.807, 2.05) is 23.8 Å². The lowest BCUT2D eigenvalue weighted by atomic mass is 10.3. The molecule has 0 atom stereocenters. The molecule has 0 saturated carbocycles. The molecule has 0 bridgehead atoms. The second-order valence-electron chi connectivity index (χ2n) is 4.29. The first-order chi connectivity index (χ1) is 9.52. The lowest BCUT2D eigenvalue weighted by Crippen LogP contribution is -2.17. The van der Waals surface area contributed by atoms with Crippen LogP contribution in [0.15, 0.2) is 34.9 Å². The fourth-order valence-electron chi connectivity index (χ4n) is 1.90. The molecule has 2 rings (SSSR count). The van der Waals surface area contributed by atoms with Gasteiger partial charge in [0.2, 0.25) is 0 Å². The molecule has 6 heteroatoms. The summed E-state index contributed by atoms with van der Waals surface area (Å²) in [6.07, 6.45) is 2.77. The van der Waals surface area contributed by atoms with Crippen LogP contribution in [0, 0.1) is 5.82 Å². The highest BCUT2D eigenvalue weighted by Gasteiger charge is 2.15. The molecule has 0 aliphatic carbocycles. The zero-order valence-corrected chi connectivity index (χ0v) is 13.1. The maximum absolute atomic E-state index is 13.2. The molecule has 2 aromatic rings. The highest BCUT2D eigenvalue weighted by molar-refractivity contribution is 9.10. The maximum atomic E-state index is 13.2. The summed E-state index contributed by atoms with van der Waals surface area (Å²) in [7, 11) is 0. The van der Waals surface area contributed by atoms with Gasteiger partial charge in [0.1, 0.15) is 11.5 Å². The molecule has 0 aliphatic heterocycles. The summed E-state index contributed by atoms with van der Waals surface area (Å²) >= 11 is 9.14. The molecule has 1 N–H and O–H groups in total. The number of nitrogens with one attached hydrogen (secondary N) is 1. The number of rotatable bonds is 4. The average Bonchev–Trinajstić information content (AvgIpc) is 2.82. The van der Waals surface area contributed by atoms with E-state index in [0.717, 1.165) is 19.0 Å². The smallest absolute Gasteiger partial charge is 0.272 e. The number of hydrogen-bond acceptors (Lipinski definition) is 1. The fourth-order valence-corrected chi connectivity index (χ4v) is 2.79. The molecule has 106 valence electrons. The predicted octanol–water partition coefficient (Wildman–Crippen LogP) is 4.71. The number of aromatic nitrogens is 1. The molecular formula is C14H13BrClFN2O. The Bertz CT molecular complexity index is 619. The van der Waals surface area contributed by atoms with Crippen LogP contribution >= 0.6 is 27.5 Å². The summed E-state index contributed by atoms with van der Waals surface area (Å²) in [6, 6.07) is 5.96. The third-order valence-corrected chi connectivity index (χ3v) is 3.70. The van der Waals surface area contributed by atoms with Crippen LogP contribution in [0.3, 0.4) is 0 Å². The molecule has 0 spiro atoms. The third kappa shape index (κ3) is 3.22. The molecule has 3 nitrogen and oxygen atoms in total. The quantitative estimate of drug-likeness (QED) is 0.843. The molecule has 0 radical (unpaired) electrons. The van der Waals surface area contributed by atoms with Crippen LogP contribution in [0.5, 0.6) is 0 Å². The normalized spacial score (nSPS) is 10.6. The second kappa shape index (κ2) is 6.41. The molecule has 20 heavy (non-hydrogen) atoms. The van der Waals surface area contributed by atoms with Crippen molar-refractivity contribution < 1.29 is 9.18 Å². The number of anilines is 1. The maximum Gasteiger partial charge on any atom is 0.272 e. The van der Waals surface area contributed by atoms with Gasteiger partial charge in [0.05, 0.1) is 10.7 Å². The van der Waals surface area contributed by atoms with Crippen LogP contribution in [0.4, 0.5) is 10.1 Å². The first kappa shape index (κ1) is 15.1. The number of amides is 1. The Morgan fingerprint density at radius 1 is 1.50 bits per heavy atom. The van der Waals surface area contributed by atoms with Crippen LogP contribution in [-0.2, 0) is 6.54 Å². The Morgan fingerprint density at radius 3 is 2.90 bits per heavy atom. The number of aryl methyl sites for hydroxylation is 1. The highest BCUT2D eigenvalue weighted by Crippen LogP contribution is 2.32. The van der Waals surface area contributed by atoms with E-state index in [1.165, 1.54) is 6.07 Å². The SMILES string of the molecule is CCCn1cccc1C(=O)Nc1c(Cl)cc(F)cc1Br. The predicted molar refractivity (Wildman–Crippen MR) is 81.8 cm³/mol. The Balaban J connectivity index is 2.26. The number of benzene rings is 1. The van der Waals surface area contributed by atoms with Crippen molar-refractivity contribution in [3.63, 3.8) is 0 Å². The van der Waals surface area contributed by atoms with Crippen LogP contribution in [0.1, 0.15) is 23.8 Å². The van der Waals surface area contributed by atoms with E-state index in [1.54, 1.807) is 6.07 Å². The molecule has 0 unspecified atom stereocenters. The van der Waals surface area contributed by atoms with E-state index in [4.69, 9.17) is 11.6 Å². The number of carbonyl (C=O) groups excluding carboxylic acids is 1. The van der Waals surface area contributed by atoms with Crippen molar-refractivity contribution >= 4 is 39.1 Å². The minimum absolute atomic E-state index is 0.152. The Hall–Kier alpha value is -1.33. The van der Waals surface area contributed by atoms with E-state index in [0.29, 0.717) is 15.9 Å². The zero-order valence-electron chi connectivity index (χ0n) is 10.8. The monoisotopic (exact) mass is 358 g/mol. The van der Waals surface area contributed by atoms with Crippen LogP contribution in [-0.4, -0.2) is 10.5 Å². The van der Waals surface area contributed by atoms with Crippen molar-refractivity contribution in [2.75, 3.05) is 5.32 Å². The molecule has 1 aromatic carbocycles. The fraction of sp³-hybridized carbons (Fsp3) is 0.214. The van der Waals surface area contributed by atoms with Gasteiger partial charge >= 0.3 is 0 Å². The molecule has 1 aromatic heterocycles. The van der Waals surface area contributed by atoms with E-state index < -0.39 is 5.82 Å². The van der Waals surface area contributed by atoms with Crippen molar-refractivity contribution in [1.82, 2.24) is 4.57 Å². The molecule has 1 heterocycles. The van der Waals surface area contributed by atoms with Crippen molar-refractivity contribution in [3.8, 4) is 0 Å². The largest absolute Gasteiger partial charge is 0.344 e. The minimum atomic E-state index is -0.464. The second-order valence-corrected chi connectivity index (χ2v) is 5.55. The summed E-state index contributed by atoms with van der Waals surface area (Å²) in [5, 5.41) is 2.85. The van der Waals surface area contributed by atoms with Crippen molar-refractivity contribution in [2.24, 2.45) is 0 Å². The zero-order chi connectivity index (χ0) is 14.7. The van der Waals surface area contributed by atoms with E-state index in [9.17, 15) is 9.18 Å². The van der Waals surface area contributed by atoms with Gasteiger partial charge in [-0.3, -0.25) is 4.79 Å². The van der Waals surface area contributed by atoms with Crippen LogP contribution in [0.2, 0.25) is 5.02 Å². The van der Waals surface area contributed by atoms with Gasteiger partial charge < -0.3 is 9.88 Å². The number of hydrogen-bond donors (Lipinski definition) is 1. The van der Waals surface area contributed by atoms with Crippen molar-refractivity contribution in [1.29, 1.82) is 0 Å². The van der Waals surface area contributed by atoms with Gasteiger partial charge in [0, 0.05) is 17.2 Å². The van der Waals surface area contributed by atoms with Crippen LogP contribution < -0.4 is 5.32 Å². The summed E-state index contributed by atoms with van der Waals surface area (Å²) in [4.78, 5) is 12.3. The number of carbonyl (C=O) groups is 1. The lowest BCUT2D eigenvalue weighted by Gasteiger charge is -2.11. The van der Waals surface area contributed by atoms with E-state index >= 15 is 0 Å². The van der Waals surface area contributed by atoms with Gasteiger partial charge in [-0.25, -0.2) is 4.39 Å². The first-order valence-corrected chi connectivity index (χ1v) is 7.31. The summed E-state index contributed by atoms with van der Waals surface area (Å²) in [6.45, 7) is 2.79. The molecule has 0 fully saturated rings. The molecule has 0 saturated heterocycles. The standard InChI is InChI=1S/C14H13BrClFN2O/c1-2-5-19-6-3-4-12(19)14(20)18-13-10(15)7-9(17)8-11(13)16/h3-4,6-8H,2,5H2,1H3,(H,18,20). The van der Waals surface area contributed by atoms with Gasteiger partial charge in [-0.1, -0.05) is 18.5 Å². The van der Waals surface area contributed by atoms with Gasteiger partial charge in [0.25, 0.3) is 5.91 Å². The molecule has 1 amide bonds. The van der Waals surface area contributed by atoms with Crippen molar-refractivity contribution in [2.45, 2.75) is 19.9 Å². The first-order valence-electron chi connectivity index (χ1n) is 6.14.